The number of nitrogen functional groups attached to an aromatic ring is 1. The fourth-order valence-corrected chi connectivity index (χ4v) is 2.76. The number of nitrogens with two attached hydrogens (primary N) is 1. The first-order chi connectivity index (χ1) is 10.1. The van der Waals surface area contributed by atoms with Gasteiger partial charge in [0.1, 0.15) is 5.82 Å². The molecule has 0 fully saturated rings. The first-order valence-electron chi connectivity index (χ1n) is 6.43. The zero-order chi connectivity index (χ0) is 15.0. The van der Waals surface area contributed by atoms with Crippen molar-refractivity contribution < 1.29 is 4.39 Å². The molecular weight excluding hydrogens is 333 g/mol. The van der Waals surface area contributed by atoms with Crippen molar-refractivity contribution in [3.8, 4) is 22.4 Å². The van der Waals surface area contributed by atoms with E-state index in [1.807, 2.05) is 25.1 Å². The number of hydrogen-bond acceptors (Lipinski definition) is 2. The molecule has 0 aliphatic rings. The standard InChI is InChI=1S/C16H13BrFN3/c1-9-3-2-4-12(14(9)17)15-13(16(19)21-20-15)10-5-7-11(18)8-6-10/h2-8H,1H3,(H3,19,20,21). The van der Waals surface area contributed by atoms with Crippen molar-refractivity contribution in [1.29, 1.82) is 0 Å². The van der Waals surface area contributed by atoms with Gasteiger partial charge in [-0.25, -0.2) is 4.39 Å². The minimum atomic E-state index is -0.279. The van der Waals surface area contributed by atoms with E-state index in [0.29, 0.717) is 5.82 Å². The maximum absolute atomic E-state index is 13.1. The highest BCUT2D eigenvalue weighted by Crippen LogP contribution is 2.38. The van der Waals surface area contributed by atoms with Gasteiger partial charge in [-0.15, -0.1) is 0 Å². The van der Waals surface area contributed by atoms with Crippen LogP contribution in [0.4, 0.5) is 10.2 Å². The number of aryl methyl sites for hydroxylation is 1. The minimum absolute atomic E-state index is 0.279. The quantitative estimate of drug-likeness (QED) is 0.716. The van der Waals surface area contributed by atoms with E-state index in [1.54, 1.807) is 12.1 Å². The fraction of sp³-hybridized carbons (Fsp3) is 0.0625. The Balaban J connectivity index is 2.22. The third-order valence-corrected chi connectivity index (χ3v) is 4.44. The van der Waals surface area contributed by atoms with Crippen molar-refractivity contribution in [2.24, 2.45) is 0 Å². The topological polar surface area (TPSA) is 54.7 Å². The molecule has 3 N–H and O–H groups in total. The van der Waals surface area contributed by atoms with Crippen LogP contribution < -0.4 is 5.73 Å². The second-order valence-corrected chi connectivity index (χ2v) is 5.60. The minimum Gasteiger partial charge on any atom is -0.382 e. The van der Waals surface area contributed by atoms with Gasteiger partial charge in [0, 0.05) is 10.0 Å². The molecule has 0 spiro atoms. The van der Waals surface area contributed by atoms with Gasteiger partial charge >= 0.3 is 0 Å². The summed E-state index contributed by atoms with van der Waals surface area (Å²) in [6.45, 7) is 2.02. The molecule has 3 aromatic rings. The lowest BCUT2D eigenvalue weighted by Crippen LogP contribution is -1.90. The van der Waals surface area contributed by atoms with Crippen LogP contribution in [-0.2, 0) is 0 Å². The van der Waals surface area contributed by atoms with Crippen molar-refractivity contribution in [3.63, 3.8) is 0 Å². The van der Waals surface area contributed by atoms with Crippen LogP contribution in [0.2, 0.25) is 0 Å². The number of nitrogens with zero attached hydrogens (tertiary/aromatic N) is 1. The van der Waals surface area contributed by atoms with Crippen LogP contribution in [0.1, 0.15) is 5.56 Å². The lowest BCUT2D eigenvalue weighted by molar-refractivity contribution is 0.628. The maximum Gasteiger partial charge on any atom is 0.153 e. The molecule has 2 aromatic carbocycles. The van der Waals surface area contributed by atoms with Gasteiger partial charge in [-0.2, -0.15) is 5.10 Å². The average molecular weight is 346 g/mol. The Labute approximate surface area is 130 Å². The van der Waals surface area contributed by atoms with Gasteiger partial charge in [-0.05, 0) is 46.1 Å². The zero-order valence-corrected chi connectivity index (χ0v) is 12.9. The van der Waals surface area contributed by atoms with E-state index in [9.17, 15) is 4.39 Å². The third kappa shape index (κ3) is 2.45. The van der Waals surface area contributed by atoms with Crippen LogP contribution >= 0.6 is 15.9 Å². The van der Waals surface area contributed by atoms with Crippen molar-refractivity contribution in [1.82, 2.24) is 10.2 Å². The second kappa shape index (κ2) is 5.33. The Hall–Kier alpha value is -2.14. The predicted octanol–water partition coefficient (Wildman–Crippen LogP) is 4.54. The zero-order valence-electron chi connectivity index (χ0n) is 11.3. The predicted molar refractivity (Wildman–Crippen MR) is 86.3 cm³/mol. The Morgan fingerprint density at radius 2 is 1.86 bits per heavy atom. The molecule has 21 heavy (non-hydrogen) atoms. The first-order valence-corrected chi connectivity index (χ1v) is 7.22. The van der Waals surface area contributed by atoms with E-state index in [0.717, 1.165) is 32.4 Å². The Morgan fingerprint density at radius 1 is 1.14 bits per heavy atom. The van der Waals surface area contributed by atoms with Gasteiger partial charge in [0.25, 0.3) is 0 Å². The number of H-pyrrole nitrogens is 1. The molecule has 0 saturated heterocycles. The summed E-state index contributed by atoms with van der Waals surface area (Å²) in [6, 6.07) is 12.2. The van der Waals surface area contributed by atoms with Crippen molar-refractivity contribution >= 4 is 21.7 Å². The van der Waals surface area contributed by atoms with Gasteiger partial charge in [-0.3, -0.25) is 5.10 Å². The summed E-state index contributed by atoms with van der Waals surface area (Å²) >= 11 is 3.60. The molecule has 1 heterocycles. The first kappa shape index (κ1) is 13.8. The third-order valence-electron chi connectivity index (χ3n) is 3.39. The van der Waals surface area contributed by atoms with E-state index < -0.39 is 0 Å². The summed E-state index contributed by atoms with van der Waals surface area (Å²) in [5, 5.41) is 7.07. The number of hydrogen-bond donors (Lipinski definition) is 2. The van der Waals surface area contributed by atoms with Gasteiger partial charge in [0.15, 0.2) is 5.82 Å². The number of benzene rings is 2. The Bertz CT molecular complexity index is 794. The SMILES string of the molecule is Cc1cccc(-c2[nH]nc(N)c2-c2ccc(F)cc2)c1Br. The fourth-order valence-electron chi connectivity index (χ4n) is 2.30. The molecule has 0 saturated carbocycles. The molecule has 106 valence electrons. The second-order valence-electron chi connectivity index (χ2n) is 4.80. The summed E-state index contributed by atoms with van der Waals surface area (Å²) in [5.41, 5.74) is 10.5. The van der Waals surface area contributed by atoms with Crippen molar-refractivity contribution in [2.75, 3.05) is 5.73 Å². The monoisotopic (exact) mass is 345 g/mol. The van der Waals surface area contributed by atoms with Crippen LogP contribution in [0.3, 0.4) is 0 Å². The number of aromatic amines is 1. The van der Waals surface area contributed by atoms with Gasteiger partial charge < -0.3 is 5.73 Å². The van der Waals surface area contributed by atoms with Crippen LogP contribution in [0.25, 0.3) is 22.4 Å². The normalized spacial score (nSPS) is 10.8. The average Bonchev–Trinajstić information content (AvgIpc) is 2.85. The molecule has 5 heteroatoms. The van der Waals surface area contributed by atoms with E-state index in [1.165, 1.54) is 12.1 Å². The molecule has 0 aliphatic carbocycles. The molecule has 3 nitrogen and oxygen atoms in total. The van der Waals surface area contributed by atoms with Gasteiger partial charge in [0.2, 0.25) is 0 Å². The summed E-state index contributed by atoms with van der Waals surface area (Å²) < 4.78 is 14.1. The number of rotatable bonds is 2. The summed E-state index contributed by atoms with van der Waals surface area (Å²) in [5.74, 6) is 0.115. The molecule has 0 unspecified atom stereocenters. The Morgan fingerprint density at radius 3 is 2.57 bits per heavy atom. The molecular formula is C16H13BrFN3. The van der Waals surface area contributed by atoms with E-state index in [2.05, 4.69) is 26.1 Å². The summed E-state index contributed by atoms with van der Waals surface area (Å²) in [4.78, 5) is 0. The van der Waals surface area contributed by atoms with Crippen LogP contribution in [0, 0.1) is 12.7 Å². The Kier molecular flexibility index (Phi) is 3.51. The summed E-state index contributed by atoms with van der Waals surface area (Å²) in [6.07, 6.45) is 0. The largest absolute Gasteiger partial charge is 0.382 e. The molecule has 3 rings (SSSR count). The van der Waals surface area contributed by atoms with E-state index >= 15 is 0 Å². The number of aromatic nitrogens is 2. The smallest absolute Gasteiger partial charge is 0.153 e. The lowest BCUT2D eigenvalue weighted by Gasteiger charge is -2.08. The highest BCUT2D eigenvalue weighted by molar-refractivity contribution is 9.10. The maximum atomic E-state index is 13.1. The molecule has 0 aliphatic heterocycles. The lowest BCUT2D eigenvalue weighted by atomic mass is 10.00. The molecule has 0 amide bonds. The van der Waals surface area contributed by atoms with Crippen molar-refractivity contribution in [3.05, 3.63) is 58.3 Å². The van der Waals surface area contributed by atoms with Gasteiger partial charge in [-0.1, -0.05) is 30.3 Å². The van der Waals surface area contributed by atoms with E-state index in [4.69, 9.17) is 5.73 Å². The molecule has 0 bridgehead atoms. The van der Waals surface area contributed by atoms with E-state index in [-0.39, 0.29) is 5.82 Å². The number of anilines is 1. The van der Waals surface area contributed by atoms with Gasteiger partial charge in [0.05, 0.1) is 11.3 Å². The van der Waals surface area contributed by atoms with Crippen LogP contribution in [-0.4, -0.2) is 10.2 Å². The molecule has 1 aromatic heterocycles. The summed E-state index contributed by atoms with van der Waals surface area (Å²) in [7, 11) is 0. The van der Waals surface area contributed by atoms with Crippen LogP contribution in [0.15, 0.2) is 46.9 Å². The molecule has 0 atom stereocenters. The van der Waals surface area contributed by atoms with Crippen LogP contribution in [0.5, 0.6) is 0 Å². The highest BCUT2D eigenvalue weighted by Gasteiger charge is 2.17. The molecule has 0 radical (unpaired) electrons. The highest BCUT2D eigenvalue weighted by atomic mass is 79.9. The van der Waals surface area contributed by atoms with Crippen molar-refractivity contribution in [2.45, 2.75) is 6.92 Å². The number of nitrogens with one attached hydrogen (secondary N) is 1. The number of halogens is 2.